The summed E-state index contributed by atoms with van der Waals surface area (Å²) in [6, 6.07) is 18.3. The minimum Gasteiger partial charge on any atom is -0.481 e. The molecule has 0 saturated carbocycles. The van der Waals surface area contributed by atoms with E-state index in [0.717, 1.165) is 34.0 Å². The van der Waals surface area contributed by atoms with Crippen molar-refractivity contribution in [2.24, 2.45) is 0 Å². The van der Waals surface area contributed by atoms with Crippen molar-refractivity contribution in [3.8, 4) is 30.0 Å². The molecule has 0 N–H and O–H groups in total. The van der Waals surface area contributed by atoms with E-state index in [0.29, 0.717) is 18.1 Å². The van der Waals surface area contributed by atoms with Crippen LogP contribution in [0.3, 0.4) is 0 Å². The van der Waals surface area contributed by atoms with Gasteiger partial charge >= 0.3 is 0 Å². The maximum absolute atomic E-state index is 10.0. The topological polar surface area (TPSA) is 55.1 Å². The molecule has 146 valence electrons. The van der Waals surface area contributed by atoms with Crippen LogP contribution in [0.2, 0.25) is 0 Å². The van der Waals surface area contributed by atoms with Crippen molar-refractivity contribution < 1.29 is 9.47 Å². The molecule has 4 nitrogen and oxygen atoms in total. The number of fused-ring (bicyclic) bond motifs is 1. The second-order valence-electron chi connectivity index (χ2n) is 7.18. The van der Waals surface area contributed by atoms with E-state index < -0.39 is 5.41 Å². The first kappa shape index (κ1) is 20.2. The van der Waals surface area contributed by atoms with Crippen molar-refractivity contribution in [1.29, 1.82) is 5.26 Å². The van der Waals surface area contributed by atoms with E-state index in [4.69, 9.17) is 15.9 Å². The fraction of sp³-hybridized carbons (Fsp3) is 0.280. The van der Waals surface area contributed by atoms with Crippen molar-refractivity contribution in [2.45, 2.75) is 32.1 Å². The average Bonchev–Trinajstić information content (AvgIpc) is 2.76. The van der Waals surface area contributed by atoms with Crippen LogP contribution in [-0.2, 0) is 18.3 Å². The van der Waals surface area contributed by atoms with Gasteiger partial charge in [-0.25, -0.2) is 4.98 Å². The molecular formula is C25H24N2O2. The lowest BCUT2D eigenvalue weighted by Crippen LogP contribution is -2.23. The van der Waals surface area contributed by atoms with Gasteiger partial charge in [0.05, 0.1) is 24.1 Å². The van der Waals surface area contributed by atoms with Gasteiger partial charge in [-0.15, -0.1) is 6.42 Å². The number of aryl methyl sites for hydroxylation is 1. The van der Waals surface area contributed by atoms with E-state index in [1.807, 2.05) is 49.4 Å². The molecule has 3 aromatic rings. The zero-order valence-electron chi connectivity index (χ0n) is 17.0. The maximum atomic E-state index is 10.0. The van der Waals surface area contributed by atoms with Gasteiger partial charge in [-0.3, -0.25) is 0 Å². The number of hydrogen-bond donors (Lipinski definition) is 0. The Kier molecular flexibility index (Phi) is 6.05. The monoisotopic (exact) mass is 384 g/mol. The van der Waals surface area contributed by atoms with Crippen LogP contribution < -0.4 is 9.47 Å². The maximum Gasteiger partial charge on any atom is 0.216 e. The van der Waals surface area contributed by atoms with Crippen LogP contribution in [0.15, 0.2) is 48.5 Å². The van der Waals surface area contributed by atoms with E-state index in [9.17, 15) is 5.26 Å². The van der Waals surface area contributed by atoms with Crippen LogP contribution in [0.5, 0.6) is 11.6 Å². The number of methoxy groups -OCH3 is 1. The third kappa shape index (κ3) is 4.33. The molecule has 1 heterocycles. The minimum atomic E-state index is -0.711. The molecule has 2 aromatic carbocycles. The van der Waals surface area contributed by atoms with Gasteiger partial charge in [0, 0.05) is 10.9 Å². The molecule has 4 heteroatoms. The van der Waals surface area contributed by atoms with Crippen LogP contribution >= 0.6 is 0 Å². The van der Waals surface area contributed by atoms with Crippen molar-refractivity contribution >= 4 is 10.9 Å². The smallest absolute Gasteiger partial charge is 0.216 e. The van der Waals surface area contributed by atoms with Crippen molar-refractivity contribution in [2.75, 3.05) is 13.7 Å². The SMILES string of the molecule is C#CCOc1cccc(CC(C)(C#N)c2ccc3cc(CC)c(OC)nc3c2)c1. The van der Waals surface area contributed by atoms with Gasteiger partial charge in [0.1, 0.15) is 12.4 Å². The third-order valence-corrected chi connectivity index (χ3v) is 5.09. The summed E-state index contributed by atoms with van der Waals surface area (Å²) in [5, 5.41) is 11.1. The zero-order chi connectivity index (χ0) is 20.9. The molecule has 0 aliphatic heterocycles. The number of nitrogens with zero attached hydrogens (tertiary/aromatic N) is 2. The lowest BCUT2D eigenvalue weighted by molar-refractivity contribution is 0.369. The quantitative estimate of drug-likeness (QED) is 0.547. The number of benzene rings is 2. The molecule has 0 saturated heterocycles. The molecule has 1 atom stereocenters. The fourth-order valence-corrected chi connectivity index (χ4v) is 3.45. The molecule has 0 aliphatic rings. The highest BCUT2D eigenvalue weighted by Crippen LogP contribution is 2.32. The number of pyridine rings is 1. The second kappa shape index (κ2) is 8.67. The Balaban J connectivity index is 1.97. The molecule has 0 bridgehead atoms. The predicted molar refractivity (Wildman–Crippen MR) is 115 cm³/mol. The molecule has 29 heavy (non-hydrogen) atoms. The largest absolute Gasteiger partial charge is 0.481 e. The Bertz CT molecular complexity index is 1110. The van der Waals surface area contributed by atoms with Crippen LogP contribution in [0.4, 0.5) is 0 Å². The number of terminal acetylenes is 1. The predicted octanol–water partition coefficient (Wildman–Crippen LogP) is 4.84. The van der Waals surface area contributed by atoms with Crippen LogP contribution in [0.25, 0.3) is 10.9 Å². The van der Waals surface area contributed by atoms with Gasteiger partial charge in [0.15, 0.2) is 0 Å². The summed E-state index contributed by atoms with van der Waals surface area (Å²) in [6.07, 6.45) is 6.66. The third-order valence-electron chi connectivity index (χ3n) is 5.09. The van der Waals surface area contributed by atoms with Crippen LogP contribution in [-0.4, -0.2) is 18.7 Å². The lowest BCUT2D eigenvalue weighted by Gasteiger charge is -2.23. The summed E-state index contributed by atoms with van der Waals surface area (Å²) in [7, 11) is 1.63. The fourth-order valence-electron chi connectivity index (χ4n) is 3.45. The Morgan fingerprint density at radius 2 is 2.00 bits per heavy atom. The first-order chi connectivity index (χ1) is 14.0. The van der Waals surface area contributed by atoms with E-state index >= 15 is 0 Å². The number of hydrogen-bond acceptors (Lipinski definition) is 4. The van der Waals surface area contributed by atoms with E-state index in [2.05, 4.69) is 30.0 Å². The molecule has 1 unspecified atom stereocenters. The summed E-state index contributed by atoms with van der Waals surface area (Å²) in [5.41, 5.74) is 3.11. The highest BCUT2D eigenvalue weighted by Gasteiger charge is 2.27. The Hall–Kier alpha value is -3.50. The Morgan fingerprint density at radius 3 is 2.69 bits per heavy atom. The first-order valence-electron chi connectivity index (χ1n) is 9.57. The van der Waals surface area contributed by atoms with Gasteiger partial charge in [-0.1, -0.05) is 37.1 Å². The second-order valence-corrected chi connectivity index (χ2v) is 7.18. The molecular weight excluding hydrogens is 360 g/mol. The summed E-state index contributed by atoms with van der Waals surface area (Å²) in [4.78, 5) is 4.66. The van der Waals surface area contributed by atoms with E-state index in [-0.39, 0.29) is 6.61 Å². The summed E-state index contributed by atoms with van der Waals surface area (Å²) >= 11 is 0. The normalized spacial score (nSPS) is 12.6. The van der Waals surface area contributed by atoms with E-state index in [1.54, 1.807) is 7.11 Å². The zero-order valence-corrected chi connectivity index (χ0v) is 17.0. The molecule has 0 aliphatic carbocycles. The van der Waals surface area contributed by atoms with Crippen molar-refractivity contribution in [3.05, 3.63) is 65.2 Å². The van der Waals surface area contributed by atoms with Crippen molar-refractivity contribution in [1.82, 2.24) is 4.98 Å². The van der Waals surface area contributed by atoms with Gasteiger partial charge in [-0.2, -0.15) is 5.26 Å². The van der Waals surface area contributed by atoms with Gasteiger partial charge in [0.25, 0.3) is 0 Å². The molecule has 0 fully saturated rings. The molecule has 0 radical (unpaired) electrons. The number of nitriles is 1. The van der Waals surface area contributed by atoms with Gasteiger partial charge in [-0.05, 0) is 55.2 Å². The molecule has 1 aromatic heterocycles. The molecule has 0 spiro atoms. The first-order valence-corrected chi connectivity index (χ1v) is 9.57. The Labute approximate surface area is 172 Å². The number of rotatable bonds is 7. The van der Waals surface area contributed by atoms with Gasteiger partial charge < -0.3 is 9.47 Å². The average molecular weight is 384 g/mol. The number of aromatic nitrogens is 1. The summed E-state index contributed by atoms with van der Waals surface area (Å²) in [6.45, 7) is 4.24. The standard InChI is InChI=1S/C25H24N2O2/c1-5-12-29-22-9-7-8-18(13-22)16-25(3,17-26)21-11-10-20-14-19(6-2)24(28-4)27-23(20)15-21/h1,7-11,13-15H,6,12,16H2,2-4H3. The van der Waals surface area contributed by atoms with Crippen LogP contribution in [0, 0.1) is 23.7 Å². The van der Waals surface area contributed by atoms with Crippen molar-refractivity contribution in [3.63, 3.8) is 0 Å². The van der Waals surface area contributed by atoms with Crippen LogP contribution in [0.1, 0.15) is 30.5 Å². The number of ether oxygens (including phenoxy) is 2. The van der Waals surface area contributed by atoms with Gasteiger partial charge in [0.2, 0.25) is 5.88 Å². The highest BCUT2D eigenvalue weighted by atomic mass is 16.5. The highest BCUT2D eigenvalue weighted by molar-refractivity contribution is 5.81. The lowest BCUT2D eigenvalue weighted by atomic mass is 9.78. The van der Waals surface area contributed by atoms with E-state index in [1.165, 1.54) is 0 Å². The minimum absolute atomic E-state index is 0.219. The molecule has 0 amide bonds. The summed E-state index contributed by atoms with van der Waals surface area (Å²) in [5.74, 6) is 3.80. The Morgan fingerprint density at radius 1 is 1.17 bits per heavy atom. The molecule has 3 rings (SSSR count). The summed E-state index contributed by atoms with van der Waals surface area (Å²) < 4.78 is 10.9.